The van der Waals surface area contributed by atoms with Crippen molar-refractivity contribution in [2.24, 2.45) is 0 Å². The third-order valence-electron chi connectivity index (χ3n) is 3.26. The van der Waals surface area contributed by atoms with E-state index >= 15 is 0 Å². The smallest absolute Gasteiger partial charge is 0.316 e. The molecule has 0 aliphatic rings. The van der Waals surface area contributed by atoms with Crippen LogP contribution in [0.2, 0.25) is 0 Å². The lowest BCUT2D eigenvalue weighted by atomic mass is 10.1. The second-order valence-corrected chi connectivity index (χ2v) is 6.34. The molecule has 0 unspecified atom stereocenters. The summed E-state index contributed by atoms with van der Waals surface area (Å²) in [7, 11) is 5.50. The Morgan fingerprint density at radius 3 is 2.46 bits per heavy atom. The maximum atomic E-state index is 5.87. The fourth-order valence-corrected chi connectivity index (χ4v) is 2.75. The van der Waals surface area contributed by atoms with Crippen molar-refractivity contribution in [1.82, 2.24) is 24.8 Å². The Balaban J connectivity index is 0.00000117. The van der Waals surface area contributed by atoms with E-state index in [1.165, 1.54) is 18.4 Å². The van der Waals surface area contributed by atoms with E-state index in [4.69, 9.17) is 15.2 Å². The van der Waals surface area contributed by atoms with Crippen LogP contribution in [0.1, 0.15) is 13.8 Å². The van der Waals surface area contributed by atoms with Crippen molar-refractivity contribution >= 4 is 26.8 Å². The lowest BCUT2D eigenvalue weighted by Gasteiger charge is -2.13. The molecule has 0 amide bonds. The molecule has 0 saturated heterocycles. The normalized spacial score (nSPS) is 10.5. The van der Waals surface area contributed by atoms with Gasteiger partial charge >= 0.3 is 6.01 Å². The maximum Gasteiger partial charge on any atom is 0.316 e. The molecule has 0 aliphatic heterocycles. The summed E-state index contributed by atoms with van der Waals surface area (Å²) >= 11 is 1.33. The number of methoxy groups -OCH3 is 1. The van der Waals surface area contributed by atoms with Crippen LogP contribution < -0.4 is 15.2 Å². The van der Waals surface area contributed by atoms with Crippen molar-refractivity contribution in [3.05, 3.63) is 18.5 Å². The number of rotatable bonds is 6. The van der Waals surface area contributed by atoms with Gasteiger partial charge in [0.2, 0.25) is 5.88 Å². The Labute approximate surface area is 157 Å². The number of nitrogens with zero attached hydrogens (tertiary/aromatic N) is 5. The predicted octanol–water partition coefficient (Wildman–Crippen LogP) is 2.71. The molecule has 0 spiro atoms. The van der Waals surface area contributed by atoms with E-state index in [9.17, 15) is 0 Å². The van der Waals surface area contributed by atoms with Gasteiger partial charge < -0.3 is 20.1 Å². The van der Waals surface area contributed by atoms with E-state index in [1.54, 1.807) is 12.4 Å². The molecule has 0 bridgehead atoms. The van der Waals surface area contributed by atoms with Gasteiger partial charge in [0.1, 0.15) is 17.0 Å². The van der Waals surface area contributed by atoms with Crippen molar-refractivity contribution in [2.75, 3.05) is 40.1 Å². The first-order chi connectivity index (χ1) is 12.6. The number of fused-ring (bicyclic) bond motifs is 1. The van der Waals surface area contributed by atoms with E-state index in [-0.39, 0.29) is 0 Å². The molecule has 140 valence electrons. The Kier molecular flexibility index (Phi) is 7.05. The summed E-state index contributed by atoms with van der Waals surface area (Å²) in [5.41, 5.74) is 8.06. The standard InChI is InChI=1S/C15H18N6O2S.C2H6/c1-21(2)4-5-23-12-10(9-7-17-15(22-3)18-8-9)6-11-13(20-12)24-14(16)19-11;1-2/h6-8H,4-5H2,1-3H3,(H2,16,19);1-2H3. The first-order valence-corrected chi connectivity index (χ1v) is 9.09. The fourth-order valence-electron chi connectivity index (χ4n) is 2.07. The Morgan fingerprint density at radius 2 is 1.85 bits per heavy atom. The Morgan fingerprint density at radius 1 is 1.15 bits per heavy atom. The number of hydrogen-bond acceptors (Lipinski definition) is 9. The molecule has 0 radical (unpaired) electrons. The monoisotopic (exact) mass is 376 g/mol. The first-order valence-electron chi connectivity index (χ1n) is 8.28. The highest BCUT2D eigenvalue weighted by molar-refractivity contribution is 7.21. The van der Waals surface area contributed by atoms with Gasteiger partial charge in [0, 0.05) is 30.1 Å². The van der Waals surface area contributed by atoms with Gasteiger partial charge in [-0.2, -0.15) is 0 Å². The quantitative estimate of drug-likeness (QED) is 0.701. The molecule has 3 aromatic heterocycles. The summed E-state index contributed by atoms with van der Waals surface area (Å²) in [6.45, 7) is 5.30. The van der Waals surface area contributed by atoms with Gasteiger partial charge in [0.05, 0.1) is 7.11 Å². The lowest BCUT2D eigenvalue weighted by molar-refractivity contribution is 0.255. The fraction of sp³-hybridized carbons (Fsp3) is 0.412. The summed E-state index contributed by atoms with van der Waals surface area (Å²) in [5.74, 6) is 0.516. The molecule has 2 N–H and O–H groups in total. The number of nitrogen functional groups attached to an aromatic ring is 1. The summed E-state index contributed by atoms with van der Waals surface area (Å²) in [5, 5.41) is 0.472. The van der Waals surface area contributed by atoms with Gasteiger partial charge in [-0.25, -0.2) is 19.9 Å². The zero-order chi connectivity index (χ0) is 19.1. The van der Waals surface area contributed by atoms with Crippen LogP contribution in [0.25, 0.3) is 21.5 Å². The Bertz CT molecular complexity index is 835. The number of ether oxygens (including phenoxy) is 2. The van der Waals surface area contributed by atoms with Crippen molar-refractivity contribution < 1.29 is 9.47 Å². The van der Waals surface area contributed by atoms with E-state index < -0.39 is 0 Å². The zero-order valence-electron chi connectivity index (χ0n) is 15.7. The third-order valence-corrected chi connectivity index (χ3v) is 4.06. The van der Waals surface area contributed by atoms with Gasteiger partial charge in [0.25, 0.3) is 0 Å². The molecule has 0 aromatic carbocycles. The molecule has 0 saturated carbocycles. The number of aromatic nitrogens is 4. The van der Waals surface area contributed by atoms with Crippen LogP contribution in [-0.2, 0) is 0 Å². The van der Waals surface area contributed by atoms with Crippen molar-refractivity contribution in [1.29, 1.82) is 0 Å². The van der Waals surface area contributed by atoms with Crippen LogP contribution in [0.15, 0.2) is 18.5 Å². The van der Waals surface area contributed by atoms with Gasteiger partial charge in [-0.05, 0) is 20.2 Å². The van der Waals surface area contributed by atoms with Crippen LogP contribution in [0.4, 0.5) is 5.13 Å². The predicted molar refractivity (Wildman–Crippen MR) is 105 cm³/mol. The number of thiazole rings is 1. The minimum absolute atomic E-state index is 0.306. The SMILES string of the molecule is CC.COc1ncc(-c2cc3nc(N)sc3nc2OCCN(C)C)cn1. The molecular weight excluding hydrogens is 352 g/mol. The van der Waals surface area contributed by atoms with Crippen LogP contribution in [0, 0.1) is 0 Å². The molecule has 3 heterocycles. The van der Waals surface area contributed by atoms with Crippen LogP contribution in [-0.4, -0.2) is 59.2 Å². The van der Waals surface area contributed by atoms with E-state index in [1.807, 2.05) is 38.9 Å². The van der Waals surface area contributed by atoms with Crippen molar-refractivity contribution in [3.8, 4) is 23.0 Å². The highest BCUT2D eigenvalue weighted by Crippen LogP contribution is 2.33. The second kappa shape index (κ2) is 9.25. The van der Waals surface area contributed by atoms with E-state index in [0.717, 1.165) is 28.0 Å². The van der Waals surface area contributed by atoms with Gasteiger partial charge in [-0.15, -0.1) is 0 Å². The molecular formula is C17H24N6O2S. The average Bonchev–Trinajstić information content (AvgIpc) is 3.01. The molecule has 8 nitrogen and oxygen atoms in total. The summed E-state index contributed by atoms with van der Waals surface area (Å²) in [6.07, 6.45) is 3.34. The Hall–Kier alpha value is -2.52. The molecule has 3 aromatic rings. The number of likely N-dealkylation sites (N-methyl/N-ethyl adjacent to an activating group) is 1. The minimum Gasteiger partial charge on any atom is -0.476 e. The van der Waals surface area contributed by atoms with E-state index in [2.05, 4.69) is 19.9 Å². The maximum absolute atomic E-state index is 5.87. The summed E-state index contributed by atoms with van der Waals surface area (Å²) in [4.78, 5) is 19.9. The lowest BCUT2D eigenvalue weighted by Crippen LogP contribution is -2.19. The topological polar surface area (TPSA) is 99.3 Å². The number of hydrogen-bond donors (Lipinski definition) is 1. The number of pyridine rings is 1. The van der Waals surface area contributed by atoms with Crippen LogP contribution in [0.5, 0.6) is 11.9 Å². The summed E-state index contributed by atoms with van der Waals surface area (Å²) < 4.78 is 10.9. The molecule has 0 atom stereocenters. The molecule has 26 heavy (non-hydrogen) atoms. The molecule has 9 heteroatoms. The second-order valence-electron chi connectivity index (χ2n) is 5.33. The van der Waals surface area contributed by atoms with Crippen LogP contribution in [0.3, 0.4) is 0 Å². The molecule has 0 aliphatic carbocycles. The molecule has 0 fully saturated rings. The van der Waals surface area contributed by atoms with Crippen LogP contribution >= 0.6 is 11.3 Å². The zero-order valence-corrected chi connectivity index (χ0v) is 16.5. The average molecular weight is 376 g/mol. The van der Waals surface area contributed by atoms with E-state index in [0.29, 0.717) is 23.6 Å². The highest BCUT2D eigenvalue weighted by Gasteiger charge is 2.14. The molecule has 3 rings (SSSR count). The summed E-state index contributed by atoms with van der Waals surface area (Å²) in [6, 6.07) is 2.20. The first kappa shape index (κ1) is 19.8. The van der Waals surface area contributed by atoms with Crippen molar-refractivity contribution in [2.45, 2.75) is 13.8 Å². The van der Waals surface area contributed by atoms with Gasteiger partial charge in [-0.3, -0.25) is 0 Å². The van der Waals surface area contributed by atoms with Gasteiger partial charge in [0.15, 0.2) is 5.13 Å². The number of anilines is 1. The highest BCUT2D eigenvalue weighted by atomic mass is 32.1. The van der Waals surface area contributed by atoms with Gasteiger partial charge in [-0.1, -0.05) is 25.2 Å². The largest absolute Gasteiger partial charge is 0.476 e. The number of nitrogens with two attached hydrogens (primary N) is 1. The van der Waals surface area contributed by atoms with Crippen molar-refractivity contribution in [3.63, 3.8) is 0 Å². The minimum atomic E-state index is 0.306. The third kappa shape index (κ3) is 4.77.